The van der Waals surface area contributed by atoms with E-state index in [2.05, 4.69) is 11.4 Å². The topological polar surface area (TPSA) is 83.8 Å². The van der Waals surface area contributed by atoms with Crippen molar-refractivity contribution in [1.82, 2.24) is 4.57 Å². The van der Waals surface area contributed by atoms with Crippen LogP contribution in [0.3, 0.4) is 0 Å². The van der Waals surface area contributed by atoms with Crippen LogP contribution in [0.1, 0.15) is 34.2 Å². The van der Waals surface area contributed by atoms with Gasteiger partial charge in [-0.25, -0.2) is 0 Å². The van der Waals surface area contributed by atoms with Crippen molar-refractivity contribution >= 4 is 23.2 Å². The van der Waals surface area contributed by atoms with Gasteiger partial charge in [-0.15, -0.1) is 0 Å². The van der Waals surface area contributed by atoms with Crippen LogP contribution in [0.25, 0.3) is 11.1 Å². The number of hydrogen-bond donors (Lipinski definition) is 2. The van der Waals surface area contributed by atoms with Gasteiger partial charge in [0.05, 0.1) is 5.56 Å². The number of halogens is 1. The molecule has 5 nitrogen and oxygen atoms in total. The lowest BCUT2D eigenvalue weighted by atomic mass is 9.99. The van der Waals surface area contributed by atoms with E-state index < -0.39 is 5.91 Å². The average Bonchev–Trinajstić information content (AvgIpc) is 2.99. The zero-order valence-electron chi connectivity index (χ0n) is 15.8. The molecule has 1 heterocycles. The van der Waals surface area contributed by atoms with E-state index in [4.69, 9.17) is 17.3 Å². The minimum Gasteiger partial charge on any atom is -0.381 e. The van der Waals surface area contributed by atoms with Crippen LogP contribution in [0, 0.1) is 11.3 Å². The summed E-state index contributed by atoms with van der Waals surface area (Å²) in [4.78, 5) is 12.0. The molecule has 0 aliphatic heterocycles. The second kappa shape index (κ2) is 8.20. The molecule has 28 heavy (non-hydrogen) atoms. The molecule has 3 rings (SSSR count). The average molecular weight is 393 g/mol. The zero-order chi connectivity index (χ0) is 20.3. The lowest BCUT2D eigenvalue weighted by molar-refractivity contribution is 0.0993. The number of amides is 1. The van der Waals surface area contributed by atoms with Crippen LogP contribution in [-0.2, 0) is 20.0 Å². The van der Waals surface area contributed by atoms with E-state index in [1.807, 2.05) is 55.5 Å². The second-order valence-corrected chi connectivity index (χ2v) is 6.86. The van der Waals surface area contributed by atoms with E-state index in [0.29, 0.717) is 34.8 Å². The predicted octanol–water partition coefficient (Wildman–Crippen LogP) is 4.49. The van der Waals surface area contributed by atoms with Gasteiger partial charge in [-0.2, -0.15) is 5.26 Å². The van der Waals surface area contributed by atoms with Crippen LogP contribution < -0.4 is 11.1 Å². The number of benzene rings is 2. The first-order valence-electron chi connectivity index (χ1n) is 8.97. The third-order valence-electron chi connectivity index (χ3n) is 4.81. The Bertz CT molecular complexity index is 1060. The molecule has 0 radical (unpaired) electrons. The Labute approximate surface area is 169 Å². The molecule has 1 amide bonds. The maximum Gasteiger partial charge on any atom is 0.266 e. The predicted molar refractivity (Wildman–Crippen MR) is 112 cm³/mol. The monoisotopic (exact) mass is 392 g/mol. The number of anilines is 1. The number of carbonyl (C=O) groups excluding carboxylic acids is 1. The number of nitriles is 1. The van der Waals surface area contributed by atoms with Crippen molar-refractivity contribution in [3.63, 3.8) is 0 Å². The summed E-state index contributed by atoms with van der Waals surface area (Å²) in [6.07, 6.45) is 0.636. The molecule has 0 spiro atoms. The standard InChI is InChI=1S/C22H21ClN4O/c1-3-19-17(12-24)20(21(22(25)28)27(19)2)14-8-10-16(11-9-14)26-13-15-6-4-5-7-18(15)23/h4-11,26H,3,13H2,1-2H3,(H2,25,28). The molecule has 0 atom stereocenters. The van der Waals surface area contributed by atoms with Crippen LogP contribution in [0.4, 0.5) is 5.69 Å². The van der Waals surface area contributed by atoms with Gasteiger partial charge >= 0.3 is 0 Å². The van der Waals surface area contributed by atoms with Crippen LogP contribution in [0.2, 0.25) is 5.02 Å². The first-order chi connectivity index (χ1) is 13.5. The molecule has 0 saturated heterocycles. The van der Waals surface area contributed by atoms with E-state index in [1.165, 1.54) is 0 Å². The molecule has 0 unspecified atom stereocenters. The summed E-state index contributed by atoms with van der Waals surface area (Å²) < 4.78 is 1.72. The number of rotatable bonds is 6. The Morgan fingerprint density at radius 1 is 1.21 bits per heavy atom. The van der Waals surface area contributed by atoms with Gasteiger partial charge in [0, 0.05) is 35.6 Å². The molecular weight excluding hydrogens is 372 g/mol. The third kappa shape index (κ3) is 3.60. The van der Waals surface area contributed by atoms with Crippen molar-refractivity contribution in [3.8, 4) is 17.2 Å². The second-order valence-electron chi connectivity index (χ2n) is 6.46. The highest BCUT2D eigenvalue weighted by atomic mass is 35.5. The van der Waals surface area contributed by atoms with Crippen molar-refractivity contribution in [3.05, 3.63) is 76.1 Å². The minimum absolute atomic E-state index is 0.352. The van der Waals surface area contributed by atoms with E-state index >= 15 is 0 Å². The smallest absolute Gasteiger partial charge is 0.266 e. The molecule has 0 bridgehead atoms. The van der Waals surface area contributed by atoms with Gasteiger partial charge in [0.1, 0.15) is 11.8 Å². The van der Waals surface area contributed by atoms with Crippen LogP contribution in [0.5, 0.6) is 0 Å². The number of nitrogens with two attached hydrogens (primary N) is 1. The summed E-state index contributed by atoms with van der Waals surface area (Å²) in [6.45, 7) is 2.55. The summed E-state index contributed by atoms with van der Waals surface area (Å²) >= 11 is 6.19. The molecule has 0 aliphatic carbocycles. The fourth-order valence-corrected chi connectivity index (χ4v) is 3.63. The van der Waals surface area contributed by atoms with Crippen LogP contribution >= 0.6 is 11.6 Å². The van der Waals surface area contributed by atoms with Crippen molar-refractivity contribution in [2.24, 2.45) is 12.8 Å². The Morgan fingerprint density at radius 3 is 2.46 bits per heavy atom. The fourth-order valence-electron chi connectivity index (χ4n) is 3.43. The van der Waals surface area contributed by atoms with E-state index in [-0.39, 0.29) is 0 Å². The van der Waals surface area contributed by atoms with Gasteiger partial charge in [0.2, 0.25) is 0 Å². The van der Waals surface area contributed by atoms with E-state index in [0.717, 1.165) is 22.5 Å². The van der Waals surface area contributed by atoms with Gasteiger partial charge in [-0.05, 0) is 35.7 Å². The van der Waals surface area contributed by atoms with Gasteiger partial charge in [-0.1, -0.05) is 48.9 Å². The summed E-state index contributed by atoms with van der Waals surface area (Å²) in [5, 5.41) is 13.7. The Kier molecular flexibility index (Phi) is 5.72. The number of carbonyl (C=O) groups is 1. The van der Waals surface area contributed by atoms with Crippen molar-refractivity contribution in [2.45, 2.75) is 19.9 Å². The lowest BCUT2D eigenvalue weighted by Gasteiger charge is -2.10. The van der Waals surface area contributed by atoms with Gasteiger partial charge in [0.25, 0.3) is 5.91 Å². The Balaban J connectivity index is 1.93. The molecule has 1 aromatic heterocycles. The quantitative estimate of drug-likeness (QED) is 0.648. The highest BCUT2D eigenvalue weighted by Gasteiger charge is 2.24. The molecule has 0 fully saturated rings. The van der Waals surface area contributed by atoms with Crippen molar-refractivity contribution < 1.29 is 4.79 Å². The zero-order valence-corrected chi connectivity index (χ0v) is 16.5. The maximum atomic E-state index is 12.0. The van der Waals surface area contributed by atoms with Gasteiger partial charge < -0.3 is 15.6 Å². The summed E-state index contributed by atoms with van der Waals surface area (Å²) in [5.41, 5.74) is 10.5. The highest BCUT2D eigenvalue weighted by molar-refractivity contribution is 6.31. The number of hydrogen-bond acceptors (Lipinski definition) is 3. The molecule has 0 saturated carbocycles. The molecule has 3 N–H and O–H groups in total. The van der Waals surface area contributed by atoms with Gasteiger partial charge in [0.15, 0.2) is 0 Å². The normalized spacial score (nSPS) is 10.5. The number of aromatic nitrogens is 1. The summed E-state index contributed by atoms with van der Waals surface area (Å²) in [7, 11) is 1.77. The molecule has 142 valence electrons. The van der Waals surface area contributed by atoms with Crippen molar-refractivity contribution in [2.75, 3.05) is 5.32 Å². The first kappa shape index (κ1) is 19.5. The van der Waals surface area contributed by atoms with Gasteiger partial charge in [-0.3, -0.25) is 4.79 Å². The largest absolute Gasteiger partial charge is 0.381 e. The number of primary amides is 1. The maximum absolute atomic E-state index is 12.0. The minimum atomic E-state index is -0.547. The van der Waals surface area contributed by atoms with E-state index in [9.17, 15) is 10.1 Å². The molecular formula is C22H21ClN4O. The number of nitrogens with zero attached hydrogens (tertiary/aromatic N) is 2. The first-order valence-corrected chi connectivity index (χ1v) is 9.34. The van der Waals surface area contributed by atoms with Crippen LogP contribution in [-0.4, -0.2) is 10.5 Å². The molecule has 3 aromatic rings. The SMILES string of the molecule is CCc1c(C#N)c(-c2ccc(NCc3ccccc3Cl)cc2)c(C(N)=O)n1C. The fraction of sp³-hybridized carbons (Fsp3) is 0.182. The van der Waals surface area contributed by atoms with E-state index in [1.54, 1.807) is 11.6 Å². The molecule has 6 heteroatoms. The van der Waals surface area contributed by atoms with Crippen molar-refractivity contribution in [1.29, 1.82) is 5.26 Å². The Morgan fingerprint density at radius 2 is 1.89 bits per heavy atom. The Hall–Kier alpha value is -3.23. The lowest BCUT2D eigenvalue weighted by Crippen LogP contribution is -2.17. The molecule has 0 aliphatic rings. The van der Waals surface area contributed by atoms with Crippen LogP contribution in [0.15, 0.2) is 48.5 Å². The summed E-state index contributed by atoms with van der Waals surface area (Å²) in [5.74, 6) is -0.547. The number of nitrogens with one attached hydrogen (secondary N) is 1. The highest BCUT2D eigenvalue weighted by Crippen LogP contribution is 2.33. The summed E-state index contributed by atoms with van der Waals surface area (Å²) in [6, 6.07) is 17.5. The third-order valence-corrected chi connectivity index (χ3v) is 5.18. The molecule has 2 aromatic carbocycles.